The van der Waals surface area contributed by atoms with Crippen molar-refractivity contribution in [2.45, 2.75) is 64.5 Å². The minimum Gasteiger partial charge on any atom is -0.387 e. The van der Waals surface area contributed by atoms with Gasteiger partial charge in [-0.2, -0.15) is 5.10 Å². The topological polar surface area (TPSA) is 38.0 Å². The zero-order valence-electron chi connectivity index (χ0n) is 11.1. The molecular weight excluding hydrogens is 248 g/mol. The first-order chi connectivity index (χ1) is 8.72. The van der Waals surface area contributed by atoms with Gasteiger partial charge in [-0.1, -0.05) is 43.7 Å². The highest BCUT2D eigenvalue weighted by Crippen LogP contribution is 2.32. The lowest BCUT2D eigenvalue weighted by atomic mass is 9.85. The summed E-state index contributed by atoms with van der Waals surface area (Å²) in [5, 5.41) is 15.1. The van der Waals surface area contributed by atoms with E-state index in [0.717, 1.165) is 31.0 Å². The van der Waals surface area contributed by atoms with Crippen LogP contribution in [0.1, 0.15) is 63.7 Å². The summed E-state index contributed by atoms with van der Waals surface area (Å²) >= 11 is 6.10. The summed E-state index contributed by atoms with van der Waals surface area (Å²) in [5.74, 6) is 0.796. The van der Waals surface area contributed by atoms with Crippen LogP contribution in [0.4, 0.5) is 0 Å². The summed E-state index contributed by atoms with van der Waals surface area (Å²) in [6.45, 7) is 2.77. The van der Waals surface area contributed by atoms with Gasteiger partial charge in [0.1, 0.15) is 0 Å². The van der Waals surface area contributed by atoms with Crippen LogP contribution < -0.4 is 0 Å². The number of aliphatic hydroxyl groups is 1. The Morgan fingerprint density at radius 3 is 2.83 bits per heavy atom. The van der Waals surface area contributed by atoms with Gasteiger partial charge in [-0.25, -0.2) is 0 Å². The molecule has 0 bridgehead atoms. The van der Waals surface area contributed by atoms with Crippen molar-refractivity contribution in [1.29, 1.82) is 0 Å². The molecule has 0 saturated heterocycles. The van der Waals surface area contributed by atoms with E-state index in [1.807, 2.05) is 6.92 Å². The number of aliphatic hydroxyl groups excluding tert-OH is 1. The fraction of sp³-hybridized carbons (Fsp3) is 0.786. The van der Waals surface area contributed by atoms with Crippen molar-refractivity contribution in [3.05, 3.63) is 16.9 Å². The molecule has 0 radical (unpaired) electrons. The largest absolute Gasteiger partial charge is 0.387 e. The highest BCUT2D eigenvalue weighted by Gasteiger charge is 2.20. The predicted octanol–water partition coefficient (Wildman–Crippen LogP) is 3.95. The minimum atomic E-state index is -0.470. The normalized spacial score (nSPS) is 19.1. The summed E-state index contributed by atoms with van der Waals surface area (Å²) in [4.78, 5) is 0. The van der Waals surface area contributed by atoms with Gasteiger partial charge in [0.25, 0.3) is 0 Å². The second kappa shape index (κ2) is 6.58. The van der Waals surface area contributed by atoms with Crippen LogP contribution in [-0.2, 0) is 6.54 Å². The van der Waals surface area contributed by atoms with Crippen LogP contribution in [0.2, 0.25) is 5.02 Å². The van der Waals surface area contributed by atoms with Gasteiger partial charge < -0.3 is 5.11 Å². The molecule has 1 heterocycles. The number of rotatable bonds is 5. The molecule has 102 valence electrons. The fourth-order valence-electron chi connectivity index (χ4n) is 2.96. The lowest BCUT2D eigenvalue weighted by Gasteiger charge is -2.22. The van der Waals surface area contributed by atoms with Gasteiger partial charge >= 0.3 is 0 Å². The summed E-state index contributed by atoms with van der Waals surface area (Å²) in [6, 6.07) is 0. The van der Waals surface area contributed by atoms with Crippen molar-refractivity contribution in [3.63, 3.8) is 0 Å². The highest BCUT2D eigenvalue weighted by atomic mass is 35.5. The maximum Gasteiger partial charge on any atom is 0.0971 e. The minimum absolute atomic E-state index is 0.470. The molecule has 0 aliphatic heterocycles. The average Bonchev–Trinajstić information content (AvgIpc) is 2.78. The molecule has 4 heteroatoms. The first-order valence-corrected chi connectivity index (χ1v) is 7.49. The van der Waals surface area contributed by atoms with Crippen molar-refractivity contribution in [2.24, 2.45) is 5.92 Å². The van der Waals surface area contributed by atoms with Crippen LogP contribution in [0.3, 0.4) is 0 Å². The summed E-state index contributed by atoms with van der Waals surface area (Å²) in [6.07, 6.45) is 9.81. The van der Waals surface area contributed by atoms with Crippen molar-refractivity contribution >= 4 is 11.6 Å². The van der Waals surface area contributed by atoms with Crippen molar-refractivity contribution in [1.82, 2.24) is 9.78 Å². The SMILES string of the molecule is CCn1ncc(Cl)c1C(O)CCC1CCCCC1. The summed E-state index contributed by atoms with van der Waals surface area (Å²) < 4.78 is 1.80. The predicted molar refractivity (Wildman–Crippen MR) is 73.7 cm³/mol. The monoisotopic (exact) mass is 270 g/mol. The van der Waals surface area contributed by atoms with E-state index in [4.69, 9.17) is 11.6 Å². The maximum absolute atomic E-state index is 10.3. The molecule has 2 rings (SSSR count). The quantitative estimate of drug-likeness (QED) is 0.880. The highest BCUT2D eigenvalue weighted by molar-refractivity contribution is 6.31. The third-order valence-corrected chi connectivity index (χ3v) is 4.31. The van der Waals surface area contributed by atoms with Gasteiger partial charge in [-0.05, 0) is 25.7 Å². The van der Waals surface area contributed by atoms with E-state index in [1.54, 1.807) is 10.9 Å². The average molecular weight is 271 g/mol. The molecule has 1 N–H and O–H groups in total. The third-order valence-electron chi connectivity index (χ3n) is 4.02. The Kier molecular flexibility index (Phi) is 5.07. The molecule has 1 atom stereocenters. The first kappa shape index (κ1) is 13.9. The molecule has 0 aromatic carbocycles. The Labute approximate surface area is 114 Å². The van der Waals surface area contributed by atoms with Gasteiger partial charge in [0.15, 0.2) is 0 Å². The van der Waals surface area contributed by atoms with Crippen LogP contribution >= 0.6 is 11.6 Å². The zero-order valence-corrected chi connectivity index (χ0v) is 11.9. The molecule has 18 heavy (non-hydrogen) atoms. The van der Waals surface area contributed by atoms with Crippen LogP contribution in [0.15, 0.2) is 6.20 Å². The Bertz CT molecular complexity index is 372. The molecule has 1 aromatic rings. The van der Waals surface area contributed by atoms with E-state index in [-0.39, 0.29) is 0 Å². The van der Waals surface area contributed by atoms with Crippen LogP contribution in [0.5, 0.6) is 0 Å². The second-order valence-electron chi connectivity index (χ2n) is 5.29. The van der Waals surface area contributed by atoms with Gasteiger partial charge in [0.05, 0.1) is 23.0 Å². The van der Waals surface area contributed by atoms with E-state index >= 15 is 0 Å². The Morgan fingerprint density at radius 1 is 1.44 bits per heavy atom. The molecule has 0 amide bonds. The van der Waals surface area contributed by atoms with Crippen molar-refractivity contribution in [2.75, 3.05) is 0 Å². The van der Waals surface area contributed by atoms with Crippen molar-refractivity contribution in [3.8, 4) is 0 Å². The van der Waals surface area contributed by atoms with Gasteiger partial charge in [0, 0.05) is 6.54 Å². The van der Waals surface area contributed by atoms with E-state index in [2.05, 4.69) is 5.10 Å². The van der Waals surface area contributed by atoms with Crippen molar-refractivity contribution < 1.29 is 5.11 Å². The van der Waals surface area contributed by atoms with Crippen LogP contribution in [-0.4, -0.2) is 14.9 Å². The zero-order chi connectivity index (χ0) is 13.0. The van der Waals surface area contributed by atoms with Gasteiger partial charge in [-0.15, -0.1) is 0 Å². The lowest BCUT2D eigenvalue weighted by molar-refractivity contribution is 0.142. The molecule has 1 saturated carbocycles. The third kappa shape index (κ3) is 3.27. The van der Waals surface area contributed by atoms with E-state index in [9.17, 15) is 5.11 Å². The molecule has 1 aromatic heterocycles. The smallest absolute Gasteiger partial charge is 0.0971 e. The molecule has 3 nitrogen and oxygen atoms in total. The number of halogens is 1. The van der Waals surface area contributed by atoms with E-state index in [1.165, 1.54) is 32.1 Å². The summed E-state index contributed by atoms with van der Waals surface area (Å²) in [5.41, 5.74) is 0.787. The number of hydrogen-bond donors (Lipinski definition) is 1. The molecule has 0 spiro atoms. The van der Waals surface area contributed by atoms with Gasteiger partial charge in [-0.3, -0.25) is 4.68 Å². The maximum atomic E-state index is 10.3. The Hall–Kier alpha value is -0.540. The molecular formula is C14H23ClN2O. The molecule has 1 aliphatic carbocycles. The molecule has 1 unspecified atom stereocenters. The van der Waals surface area contributed by atoms with Crippen LogP contribution in [0.25, 0.3) is 0 Å². The van der Waals surface area contributed by atoms with E-state index < -0.39 is 6.10 Å². The number of aromatic nitrogens is 2. The number of nitrogens with zero attached hydrogens (tertiary/aromatic N) is 2. The molecule has 1 aliphatic rings. The second-order valence-corrected chi connectivity index (χ2v) is 5.70. The Balaban J connectivity index is 1.90. The lowest BCUT2D eigenvalue weighted by Crippen LogP contribution is -2.12. The molecule has 1 fully saturated rings. The van der Waals surface area contributed by atoms with Crippen LogP contribution in [0, 0.1) is 5.92 Å². The first-order valence-electron chi connectivity index (χ1n) is 7.11. The summed E-state index contributed by atoms with van der Waals surface area (Å²) in [7, 11) is 0. The van der Waals surface area contributed by atoms with Gasteiger partial charge in [0.2, 0.25) is 0 Å². The van der Waals surface area contributed by atoms with E-state index in [0.29, 0.717) is 5.02 Å². The standard InChI is InChI=1S/C14H23ClN2O/c1-2-17-14(12(15)10-16-17)13(18)9-8-11-6-4-3-5-7-11/h10-11,13,18H,2-9H2,1H3. The fourth-order valence-corrected chi connectivity index (χ4v) is 3.23. The Morgan fingerprint density at radius 2 is 2.17 bits per heavy atom. The number of aryl methyl sites for hydroxylation is 1. The number of hydrogen-bond acceptors (Lipinski definition) is 2.